The zero-order valence-electron chi connectivity index (χ0n) is 21.9. The van der Waals surface area contributed by atoms with E-state index in [0.29, 0.717) is 43.4 Å². The topological polar surface area (TPSA) is 110 Å². The van der Waals surface area contributed by atoms with Gasteiger partial charge in [-0.3, -0.25) is 14.4 Å². The van der Waals surface area contributed by atoms with Gasteiger partial charge in [-0.2, -0.15) is 25.3 Å². The second-order valence-corrected chi connectivity index (χ2v) is 10.4. The van der Waals surface area contributed by atoms with Gasteiger partial charge in [0.05, 0.1) is 18.3 Å². The van der Waals surface area contributed by atoms with E-state index in [0.717, 1.165) is 43.7 Å². The average molecular weight is 562 g/mol. The third kappa shape index (κ3) is 8.36. The Hall–Kier alpha value is -2.27. The Labute approximate surface area is 235 Å². The highest BCUT2D eigenvalue weighted by atomic mass is 32.1. The van der Waals surface area contributed by atoms with Crippen molar-refractivity contribution >= 4 is 42.8 Å². The fourth-order valence-electron chi connectivity index (χ4n) is 4.63. The summed E-state index contributed by atoms with van der Waals surface area (Å²) in [7, 11) is 0. The number of carbonyl (C=O) groups is 3. The molecular weight excluding hydrogens is 522 g/mol. The molecule has 38 heavy (non-hydrogen) atoms. The Morgan fingerprint density at radius 1 is 1.00 bits per heavy atom. The van der Waals surface area contributed by atoms with Crippen LogP contribution in [0.1, 0.15) is 66.7 Å². The van der Waals surface area contributed by atoms with Crippen molar-refractivity contribution in [2.75, 3.05) is 31.2 Å². The lowest BCUT2D eigenvalue weighted by molar-refractivity contribution is -0.138. The van der Waals surface area contributed by atoms with Gasteiger partial charge in [-0.05, 0) is 68.0 Å². The molecule has 0 bridgehead atoms. The number of aliphatic carboxylic acids is 1. The number of carboxylic acid groups (broad SMARTS) is 1. The van der Waals surface area contributed by atoms with Crippen LogP contribution in [-0.4, -0.2) is 70.5 Å². The Bertz CT molecular complexity index is 1070. The van der Waals surface area contributed by atoms with Gasteiger partial charge < -0.3 is 25.0 Å². The van der Waals surface area contributed by atoms with Crippen LogP contribution < -0.4 is 15.4 Å². The predicted octanol–water partition coefficient (Wildman–Crippen LogP) is 3.60. The van der Waals surface area contributed by atoms with Gasteiger partial charge in [-0.15, -0.1) is 0 Å². The van der Waals surface area contributed by atoms with E-state index >= 15 is 0 Å². The molecular formula is C28H39N3O5S2. The lowest BCUT2D eigenvalue weighted by Gasteiger charge is -2.17. The smallest absolute Gasteiger partial charge is 0.321 e. The van der Waals surface area contributed by atoms with Crippen molar-refractivity contribution in [2.24, 2.45) is 0 Å². The first-order chi connectivity index (χ1) is 18.3. The minimum absolute atomic E-state index is 0.0361. The number of nitrogens with zero attached hydrogens (tertiary/aromatic N) is 1. The summed E-state index contributed by atoms with van der Waals surface area (Å²) in [6, 6.07) is 10.2. The third-order valence-electron chi connectivity index (χ3n) is 6.95. The first-order valence-corrected chi connectivity index (χ1v) is 14.5. The summed E-state index contributed by atoms with van der Waals surface area (Å²) in [4.78, 5) is 36.4. The number of carbonyl (C=O) groups excluding carboxylic acids is 2. The Kier molecular flexibility index (Phi) is 12.2. The number of Topliss-reactive ketones (excluding diaryl/α,β-unsaturated/α-hetero) is 1. The largest absolute Gasteiger partial charge is 0.494 e. The molecule has 2 heterocycles. The monoisotopic (exact) mass is 561 g/mol. The van der Waals surface area contributed by atoms with Crippen LogP contribution in [0.2, 0.25) is 0 Å². The Morgan fingerprint density at radius 3 is 2.34 bits per heavy atom. The summed E-state index contributed by atoms with van der Waals surface area (Å²) in [6.45, 7) is 4.53. The maximum atomic E-state index is 13.0. The van der Waals surface area contributed by atoms with Crippen LogP contribution in [0.25, 0.3) is 0 Å². The average Bonchev–Trinajstić information content (AvgIpc) is 3.50. The van der Waals surface area contributed by atoms with Gasteiger partial charge in [0.25, 0.3) is 0 Å². The SMILES string of the molecule is C[C@H]1CCn2c(C(=O)c3ccc(OCCCCCC(=O)[C@H](CS)NCCN[C@@H](CS)C(=O)O)cc3)ccc21. The van der Waals surface area contributed by atoms with Crippen molar-refractivity contribution in [1.29, 1.82) is 0 Å². The van der Waals surface area contributed by atoms with E-state index in [1.54, 1.807) is 0 Å². The molecule has 1 aliphatic rings. The molecule has 0 saturated carbocycles. The highest BCUT2D eigenvalue weighted by molar-refractivity contribution is 7.80. The second kappa shape index (κ2) is 15.4. The molecule has 0 spiro atoms. The zero-order valence-corrected chi connectivity index (χ0v) is 23.7. The number of nitrogens with one attached hydrogen (secondary N) is 2. The van der Waals surface area contributed by atoms with Crippen LogP contribution in [0.15, 0.2) is 36.4 Å². The molecule has 10 heteroatoms. The van der Waals surface area contributed by atoms with Gasteiger partial charge in [0.15, 0.2) is 5.78 Å². The van der Waals surface area contributed by atoms with Crippen molar-refractivity contribution in [3.8, 4) is 5.75 Å². The molecule has 3 atom stereocenters. The van der Waals surface area contributed by atoms with Crippen molar-refractivity contribution in [3.05, 3.63) is 53.3 Å². The van der Waals surface area contributed by atoms with Crippen LogP contribution in [0.4, 0.5) is 0 Å². The van der Waals surface area contributed by atoms with E-state index < -0.39 is 12.0 Å². The van der Waals surface area contributed by atoms with Gasteiger partial charge in [-0.1, -0.05) is 6.92 Å². The van der Waals surface area contributed by atoms with Gasteiger partial charge >= 0.3 is 5.97 Å². The zero-order chi connectivity index (χ0) is 27.5. The molecule has 0 radical (unpaired) electrons. The quantitative estimate of drug-likeness (QED) is 0.108. The molecule has 2 aromatic rings. The summed E-state index contributed by atoms with van der Waals surface area (Å²) in [5.74, 6) is 1.01. The normalized spacial score (nSPS) is 16.1. The van der Waals surface area contributed by atoms with Gasteiger partial charge in [0, 0.05) is 48.8 Å². The number of ketones is 2. The van der Waals surface area contributed by atoms with Crippen molar-refractivity contribution in [3.63, 3.8) is 0 Å². The highest BCUT2D eigenvalue weighted by Crippen LogP contribution is 2.30. The van der Waals surface area contributed by atoms with E-state index in [1.165, 1.54) is 5.69 Å². The van der Waals surface area contributed by atoms with E-state index in [-0.39, 0.29) is 23.4 Å². The number of carboxylic acids is 1. The first-order valence-electron chi connectivity index (χ1n) is 13.3. The third-order valence-corrected chi connectivity index (χ3v) is 7.68. The second-order valence-electron chi connectivity index (χ2n) is 9.68. The van der Waals surface area contributed by atoms with Gasteiger partial charge in [0.2, 0.25) is 5.78 Å². The molecule has 3 rings (SSSR count). The standard InChI is InChI=1S/C28H39N3O5S2/c1-19-12-15-31-24(19)10-11-25(31)27(33)20-6-8-21(9-7-20)36-16-4-2-3-5-26(32)22(17-37)29-13-14-30-23(18-38)28(34)35/h6-11,19,22-23,29-30,37-38H,2-5,12-18H2,1H3,(H,34,35)/t19-,22-,23-/m0/s1. The van der Waals surface area contributed by atoms with Crippen LogP contribution in [-0.2, 0) is 16.1 Å². The van der Waals surface area contributed by atoms with Crippen molar-refractivity contribution < 1.29 is 24.2 Å². The summed E-state index contributed by atoms with van der Waals surface area (Å²) in [5.41, 5.74) is 2.64. The fourth-order valence-corrected chi connectivity index (χ4v) is 5.25. The van der Waals surface area contributed by atoms with Crippen LogP contribution >= 0.6 is 25.3 Å². The van der Waals surface area contributed by atoms with Crippen molar-refractivity contribution in [2.45, 2.75) is 63.6 Å². The van der Waals surface area contributed by atoms with E-state index in [1.807, 2.05) is 30.3 Å². The molecule has 0 aliphatic carbocycles. The Balaban J connectivity index is 1.31. The number of benzene rings is 1. The summed E-state index contributed by atoms with van der Waals surface area (Å²) < 4.78 is 7.96. The number of thiol groups is 2. The number of rotatable bonds is 18. The number of unbranched alkanes of at least 4 members (excludes halogenated alkanes) is 2. The lowest BCUT2D eigenvalue weighted by Crippen LogP contribution is -2.45. The number of hydrogen-bond donors (Lipinski definition) is 5. The van der Waals surface area contributed by atoms with E-state index in [2.05, 4.69) is 53.4 Å². The molecule has 0 saturated heterocycles. The summed E-state index contributed by atoms with van der Waals surface area (Å²) in [6.07, 6.45) is 3.99. The minimum atomic E-state index is -0.942. The van der Waals surface area contributed by atoms with Gasteiger partial charge in [0.1, 0.15) is 11.8 Å². The number of aromatic nitrogens is 1. The molecule has 1 aromatic heterocycles. The molecule has 0 amide bonds. The molecule has 1 aliphatic heterocycles. The maximum Gasteiger partial charge on any atom is 0.321 e. The Morgan fingerprint density at radius 2 is 1.68 bits per heavy atom. The molecule has 3 N–H and O–H groups in total. The van der Waals surface area contributed by atoms with Crippen molar-refractivity contribution in [1.82, 2.24) is 15.2 Å². The van der Waals surface area contributed by atoms with Gasteiger partial charge in [-0.25, -0.2) is 0 Å². The fraction of sp³-hybridized carbons (Fsp3) is 0.536. The van der Waals surface area contributed by atoms with Crippen LogP contribution in [0, 0.1) is 0 Å². The maximum absolute atomic E-state index is 13.0. The number of fused-ring (bicyclic) bond motifs is 1. The summed E-state index contributed by atoms with van der Waals surface area (Å²) >= 11 is 8.29. The summed E-state index contributed by atoms with van der Waals surface area (Å²) in [5, 5.41) is 15.0. The number of ether oxygens (including phenoxy) is 1. The first kappa shape index (κ1) is 30.3. The minimum Gasteiger partial charge on any atom is -0.494 e. The molecule has 8 nitrogen and oxygen atoms in total. The van der Waals surface area contributed by atoms with Crippen LogP contribution in [0.3, 0.4) is 0 Å². The lowest BCUT2D eigenvalue weighted by atomic mass is 10.1. The number of hydrogen-bond acceptors (Lipinski definition) is 8. The van der Waals surface area contributed by atoms with E-state index in [9.17, 15) is 14.4 Å². The molecule has 0 fully saturated rings. The highest BCUT2D eigenvalue weighted by Gasteiger charge is 2.24. The predicted molar refractivity (Wildman–Crippen MR) is 155 cm³/mol. The molecule has 0 unspecified atom stereocenters. The molecule has 208 valence electrons. The van der Waals surface area contributed by atoms with Crippen LogP contribution in [0.5, 0.6) is 5.75 Å². The molecule has 1 aromatic carbocycles. The van der Waals surface area contributed by atoms with E-state index in [4.69, 9.17) is 9.84 Å².